The van der Waals surface area contributed by atoms with Crippen molar-refractivity contribution < 1.29 is 24.1 Å². The van der Waals surface area contributed by atoms with Crippen LogP contribution in [0.5, 0.6) is 0 Å². The molecule has 0 aromatic carbocycles. The second-order valence-electron chi connectivity index (χ2n) is 6.66. The summed E-state index contributed by atoms with van der Waals surface area (Å²) in [5, 5.41) is 12.3. The number of rotatable bonds is 5. The fourth-order valence-electron chi connectivity index (χ4n) is 3.76. The number of carbonyl (C=O) groups is 1. The van der Waals surface area contributed by atoms with E-state index in [0.717, 1.165) is 32.2 Å². The van der Waals surface area contributed by atoms with Crippen molar-refractivity contribution in [1.82, 2.24) is 10.2 Å². The van der Waals surface area contributed by atoms with Crippen LogP contribution in [0.4, 0.5) is 0 Å². The van der Waals surface area contributed by atoms with Crippen LogP contribution < -0.4 is 5.32 Å². The summed E-state index contributed by atoms with van der Waals surface area (Å²) in [6.45, 7) is 3.85. The maximum atomic E-state index is 12.3. The molecule has 0 bridgehead atoms. The standard InChI is InChI=1S/C16H28N2O5/c19-7-3-14-12-21-8-6-18(14)11-15(20)17-13-1-4-16(5-2-13)22-9-10-23-16/h13-14,19H,1-12H2,(H,17,20)/t14-/m1/s1. The maximum absolute atomic E-state index is 12.3. The number of nitrogens with zero attached hydrogens (tertiary/aromatic N) is 1. The van der Waals surface area contributed by atoms with Crippen LogP contribution in [0.25, 0.3) is 0 Å². The predicted molar refractivity (Wildman–Crippen MR) is 82.9 cm³/mol. The van der Waals surface area contributed by atoms with Gasteiger partial charge in [-0.25, -0.2) is 0 Å². The monoisotopic (exact) mass is 328 g/mol. The van der Waals surface area contributed by atoms with Gasteiger partial charge in [0.05, 0.1) is 33.0 Å². The van der Waals surface area contributed by atoms with E-state index in [4.69, 9.17) is 19.3 Å². The number of aliphatic hydroxyl groups is 1. The van der Waals surface area contributed by atoms with E-state index in [1.807, 2.05) is 0 Å². The first-order chi connectivity index (χ1) is 11.2. The molecule has 2 saturated heterocycles. The molecule has 1 atom stereocenters. The highest BCUT2D eigenvalue weighted by Gasteiger charge is 2.40. The molecule has 0 radical (unpaired) electrons. The maximum Gasteiger partial charge on any atom is 0.234 e. The van der Waals surface area contributed by atoms with Gasteiger partial charge in [-0.2, -0.15) is 0 Å². The number of hydrogen-bond donors (Lipinski definition) is 2. The highest BCUT2D eigenvalue weighted by molar-refractivity contribution is 5.78. The quantitative estimate of drug-likeness (QED) is 0.732. The Bertz CT molecular complexity index is 388. The van der Waals surface area contributed by atoms with Crippen molar-refractivity contribution in [2.24, 2.45) is 0 Å². The Labute approximate surface area is 137 Å². The van der Waals surface area contributed by atoms with Crippen LogP contribution >= 0.6 is 0 Å². The molecule has 1 saturated carbocycles. The summed E-state index contributed by atoms with van der Waals surface area (Å²) < 4.78 is 16.9. The van der Waals surface area contributed by atoms with Gasteiger partial charge in [-0.1, -0.05) is 0 Å². The van der Waals surface area contributed by atoms with Crippen LogP contribution in [-0.4, -0.2) is 79.9 Å². The highest BCUT2D eigenvalue weighted by Crippen LogP contribution is 2.35. The minimum absolute atomic E-state index is 0.0593. The summed E-state index contributed by atoms with van der Waals surface area (Å²) in [4.78, 5) is 14.4. The van der Waals surface area contributed by atoms with Crippen LogP contribution in [-0.2, 0) is 19.0 Å². The van der Waals surface area contributed by atoms with Crippen molar-refractivity contribution in [3.63, 3.8) is 0 Å². The van der Waals surface area contributed by atoms with Crippen molar-refractivity contribution in [3.05, 3.63) is 0 Å². The van der Waals surface area contributed by atoms with Crippen molar-refractivity contribution in [2.75, 3.05) is 46.1 Å². The van der Waals surface area contributed by atoms with Gasteiger partial charge < -0.3 is 24.6 Å². The summed E-state index contributed by atoms with van der Waals surface area (Å²) in [7, 11) is 0. The molecule has 0 unspecified atom stereocenters. The molecule has 3 aliphatic rings. The SMILES string of the molecule is O=C(CN1CCOC[C@H]1CCO)NC1CCC2(CC1)OCCO2. The van der Waals surface area contributed by atoms with Crippen molar-refractivity contribution in [2.45, 2.75) is 50.0 Å². The van der Waals surface area contributed by atoms with Gasteiger partial charge in [-0.3, -0.25) is 9.69 Å². The van der Waals surface area contributed by atoms with Gasteiger partial charge in [-0.15, -0.1) is 0 Å². The Morgan fingerprint density at radius 1 is 1.22 bits per heavy atom. The molecular formula is C16H28N2O5. The van der Waals surface area contributed by atoms with Gasteiger partial charge in [-0.05, 0) is 19.3 Å². The zero-order valence-electron chi connectivity index (χ0n) is 13.7. The molecule has 7 nitrogen and oxygen atoms in total. The lowest BCUT2D eigenvalue weighted by Gasteiger charge is -2.37. The number of morpholine rings is 1. The summed E-state index contributed by atoms with van der Waals surface area (Å²) in [5.41, 5.74) is 0. The first-order valence-electron chi connectivity index (χ1n) is 8.71. The van der Waals surface area contributed by atoms with Gasteiger partial charge in [0.15, 0.2) is 5.79 Å². The normalized spacial score (nSPS) is 29.0. The molecule has 1 spiro atoms. The number of aliphatic hydroxyl groups excluding tert-OH is 1. The molecule has 2 aliphatic heterocycles. The molecule has 0 aromatic rings. The first kappa shape index (κ1) is 17.1. The fraction of sp³-hybridized carbons (Fsp3) is 0.938. The molecular weight excluding hydrogens is 300 g/mol. The summed E-state index contributed by atoms with van der Waals surface area (Å²) >= 11 is 0. The number of amides is 1. The van der Waals surface area contributed by atoms with Gasteiger partial charge in [0, 0.05) is 38.1 Å². The van der Waals surface area contributed by atoms with Crippen LogP contribution in [0, 0.1) is 0 Å². The summed E-state index contributed by atoms with van der Waals surface area (Å²) in [5.74, 6) is -0.318. The van der Waals surface area contributed by atoms with E-state index in [1.54, 1.807) is 0 Å². The lowest BCUT2D eigenvalue weighted by Crippen LogP contribution is -2.52. The Balaban J connectivity index is 1.42. The molecule has 3 rings (SSSR count). The zero-order valence-corrected chi connectivity index (χ0v) is 13.7. The van der Waals surface area contributed by atoms with Gasteiger partial charge in [0.1, 0.15) is 0 Å². The summed E-state index contributed by atoms with van der Waals surface area (Å²) in [6.07, 6.45) is 4.14. The van der Waals surface area contributed by atoms with Crippen molar-refractivity contribution >= 4 is 5.91 Å². The highest BCUT2D eigenvalue weighted by atomic mass is 16.7. The molecule has 2 N–H and O–H groups in total. The van der Waals surface area contributed by atoms with Gasteiger partial charge >= 0.3 is 0 Å². The summed E-state index contributed by atoms with van der Waals surface area (Å²) in [6, 6.07) is 0.340. The molecule has 23 heavy (non-hydrogen) atoms. The molecule has 132 valence electrons. The molecule has 7 heteroatoms. The largest absolute Gasteiger partial charge is 0.396 e. The Morgan fingerprint density at radius 2 is 1.96 bits per heavy atom. The topological polar surface area (TPSA) is 80.3 Å². The van der Waals surface area contributed by atoms with Gasteiger partial charge in [0.25, 0.3) is 0 Å². The Morgan fingerprint density at radius 3 is 2.65 bits per heavy atom. The number of ether oxygens (including phenoxy) is 3. The third kappa shape index (κ3) is 4.42. The number of nitrogens with one attached hydrogen (secondary N) is 1. The predicted octanol–water partition coefficient (Wildman–Crippen LogP) is -0.128. The van der Waals surface area contributed by atoms with Gasteiger partial charge in [0.2, 0.25) is 5.91 Å². The lowest BCUT2D eigenvalue weighted by molar-refractivity contribution is -0.180. The van der Waals surface area contributed by atoms with E-state index >= 15 is 0 Å². The Kier molecular flexibility index (Phi) is 5.87. The molecule has 2 heterocycles. The van der Waals surface area contributed by atoms with E-state index in [2.05, 4.69) is 10.2 Å². The Hall–Kier alpha value is -0.730. The minimum atomic E-state index is -0.377. The number of carbonyl (C=O) groups excluding carboxylic acids is 1. The zero-order chi connectivity index (χ0) is 16.1. The van der Waals surface area contributed by atoms with E-state index < -0.39 is 0 Å². The second kappa shape index (κ2) is 7.90. The van der Waals surface area contributed by atoms with Crippen molar-refractivity contribution in [1.29, 1.82) is 0 Å². The average Bonchev–Trinajstić information content (AvgIpc) is 3.00. The molecule has 1 aliphatic carbocycles. The third-order valence-electron chi connectivity index (χ3n) is 5.08. The van der Waals surface area contributed by atoms with E-state index in [-0.39, 0.29) is 30.4 Å². The molecule has 1 amide bonds. The molecule has 3 fully saturated rings. The smallest absolute Gasteiger partial charge is 0.234 e. The fourth-order valence-corrected chi connectivity index (χ4v) is 3.76. The van der Waals surface area contributed by atoms with Crippen LogP contribution in [0.15, 0.2) is 0 Å². The lowest BCUT2D eigenvalue weighted by atomic mass is 9.90. The average molecular weight is 328 g/mol. The van der Waals surface area contributed by atoms with Crippen molar-refractivity contribution in [3.8, 4) is 0 Å². The van der Waals surface area contributed by atoms with E-state index in [9.17, 15) is 4.79 Å². The minimum Gasteiger partial charge on any atom is -0.396 e. The number of hydrogen-bond acceptors (Lipinski definition) is 6. The first-order valence-corrected chi connectivity index (χ1v) is 8.71. The van der Waals surface area contributed by atoms with Crippen LogP contribution in [0.1, 0.15) is 32.1 Å². The van der Waals surface area contributed by atoms with E-state index in [0.29, 0.717) is 39.4 Å². The molecule has 0 aromatic heterocycles. The third-order valence-corrected chi connectivity index (χ3v) is 5.08. The van der Waals surface area contributed by atoms with Crippen LogP contribution in [0.2, 0.25) is 0 Å². The van der Waals surface area contributed by atoms with E-state index in [1.165, 1.54) is 0 Å². The second-order valence-corrected chi connectivity index (χ2v) is 6.66. The van der Waals surface area contributed by atoms with Crippen LogP contribution in [0.3, 0.4) is 0 Å².